The van der Waals surface area contributed by atoms with Gasteiger partial charge in [0.15, 0.2) is 11.5 Å². The third kappa shape index (κ3) is 2.39. The highest BCUT2D eigenvalue weighted by atomic mass is 79.9. The van der Waals surface area contributed by atoms with Crippen molar-refractivity contribution in [3.05, 3.63) is 18.2 Å². The molecule has 0 aliphatic carbocycles. The number of nitrogens with zero attached hydrogens (tertiary/aromatic N) is 1. The summed E-state index contributed by atoms with van der Waals surface area (Å²) in [4.78, 5) is 13.6. The van der Waals surface area contributed by atoms with Gasteiger partial charge in [0, 0.05) is 30.0 Å². The normalized spacial score (nSPS) is 19.8. The summed E-state index contributed by atoms with van der Waals surface area (Å²) in [6.45, 7) is 0.706. The van der Waals surface area contributed by atoms with Crippen LogP contribution in [0.4, 0.5) is 5.69 Å². The Morgan fingerprint density at radius 3 is 2.94 bits per heavy atom. The average Bonchev–Trinajstić information content (AvgIpc) is 2.71. The summed E-state index contributed by atoms with van der Waals surface area (Å²) in [5.41, 5.74) is 0.771. The van der Waals surface area contributed by atoms with E-state index in [1.165, 1.54) is 7.11 Å². The van der Waals surface area contributed by atoms with Gasteiger partial charge in [0.25, 0.3) is 0 Å². The summed E-state index contributed by atoms with van der Waals surface area (Å²) in [5, 5.41) is 10.3. The number of amides is 1. The lowest BCUT2D eigenvalue weighted by molar-refractivity contribution is -0.117. The van der Waals surface area contributed by atoms with Crippen LogP contribution in [0.1, 0.15) is 6.42 Å². The van der Waals surface area contributed by atoms with Crippen LogP contribution in [0.5, 0.6) is 11.5 Å². The van der Waals surface area contributed by atoms with Crippen LogP contribution in [-0.2, 0) is 4.79 Å². The molecule has 1 aliphatic rings. The van der Waals surface area contributed by atoms with Gasteiger partial charge in [-0.2, -0.15) is 0 Å². The Labute approximate surface area is 108 Å². The summed E-state index contributed by atoms with van der Waals surface area (Å²) < 4.78 is 5.04. The molecule has 92 valence electrons. The Morgan fingerprint density at radius 2 is 2.35 bits per heavy atom. The molecule has 0 spiro atoms. The molecule has 1 aromatic rings. The molecule has 4 nitrogen and oxygen atoms in total. The maximum absolute atomic E-state index is 11.8. The molecule has 0 radical (unpaired) electrons. The predicted molar refractivity (Wildman–Crippen MR) is 68.9 cm³/mol. The van der Waals surface area contributed by atoms with Crippen LogP contribution in [0, 0.1) is 5.92 Å². The molecule has 1 atom stereocenters. The van der Waals surface area contributed by atoms with E-state index in [4.69, 9.17) is 4.74 Å². The van der Waals surface area contributed by atoms with E-state index in [9.17, 15) is 9.90 Å². The molecule has 2 rings (SSSR count). The lowest BCUT2D eigenvalue weighted by Gasteiger charge is -2.17. The maximum atomic E-state index is 11.8. The second kappa shape index (κ2) is 4.96. The number of phenolic OH excluding ortho intramolecular Hbond substituents is 1. The number of ether oxygens (including phenoxy) is 1. The molecular weight excluding hydrogens is 286 g/mol. The van der Waals surface area contributed by atoms with E-state index in [0.29, 0.717) is 24.6 Å². The minimum Gasteiger partial charge on any atom is -0.504 e. The molecule has 5 heteroatoms. The van der Waals surface area contributed by atoms with Gasteiger partial charge in [0.1, 0.15) is 0 Å². The average molecular weight is 300 g/mol. The van der Waals surface area contributed by atoms with E-state index in [0.717, 1.165) is 11.0 Å². The standard InChI is InChI=1S/C12H14BrNO3/c1-17-11-5-9(2-3-10(11)15)14-7-8(6-13)4-12(14)16/h2-3,5,8,15H,4,6-7H2,1H3. The summed E-state index contributed by atoms with van der Waals surface area (Å²) in [6.07, 6.45) is 0.564. The number of carbonyl (C=O) groups excluding carboxylic acids is 1. The van der Waals surface area contributed by atoms with Gasteiger partial charge in [0.05, 0.1) is 7.11 Å². The van der Waals surface area contributed by atoms with Crippen molar-refractivity contribution in [2.75, 3.05) is 23.9 Å². The minimum atomic E-state index is 0.0833. The van der Waals surface area contributed by atoms with Crippen molar-refractivity contribution in [2.45, 2.75) is 6.42 Å². The molecule has 1 amide bonds. The predicted octanol–water partition coefficient (Wildman–Crippen LogP) is 2.15. The van der Waals surface area contributed by atoms with Gasteiger partial charge in [-0.15, -0.1) is 0 Å². The monoisotopic (exact) mass is 299 g/mol. The SMILES string of the molecule is COc1cc(N2CC(CBr)CC2=O)ccc1O. The van der Waals surface area contributed by atoms with Crippen LogP contribution in [0.2, 0.25) is 0 Å². The molecule has 1 N–H and O–H groups in total. The Hall–Kier alpha value is -1.23. The van der Waals surface area contributed by atoms with E-state index >= 15 is 0 Å². The molecule has 1 fully saturated rings. The van der Waals surface area contributed by atoms with Gasteiger partial charge in [0.2, 0.25) is 5.91 Å². The van der Waals surface area contributed by atoms with Gasteiger partial charge >= 0.3 is 0 Å². The molecule has 1 aliphatic heterocycles. The van der Waals surface area contributed by atoms with Crippen LogP contribution >= 0.6 is 15.9 Å². The number of phenols is 1. The molecule has 0 aromatic heterocycles. The highest BCUT2D eigenvalue weighted by Gasteiger charge is 2.30. The number of benzene rings is 1. The number of hydrogen-bond donors (Lipinski definition) is 1. The highest BCUT2D eigenvalue weighted by Crippen LogP contribution is 2.33. The minimum absolute atomic E-state index is 0.0833. The van der Waals surface area contributed by atoms with E-state index in [1.54, 1.807) is 23.1 Å². The van der Waals surface area contributed by atoms with Crippen LogP contribution in [-0.4, -0.2) is 30.0 Å². The zero-order valence-electron chi connectivity index (χ0n) is 9.52. The van der Waals surface area contributed by atoms with Crippen molar-refractivity contribution in [1.29, 1.82) is 0 Å². The fourth-order valence-electron chi connectivity index (χ4n) is 1.97. The topological polar surface area (TPSA) is 49.8 Å². The van der Waals surface area contributed by atoms with Crippen LogP contribution < -0.4 is 9.64 Å². The number of anilines is 1. The van der Waals surface area contributed by atoms with E-state index in [-0.39, 0.29) is 11.7 Å². The fraction of sp³-hybridized carbons (Fsp3) is 0.417. The van der Waals surface area contributed by atoms with Crippen LogP contribution in [0.25, 0.3) is 0 Å². The quantitative estimate of drug-likeness (QED) is 0.870. The molecule has 1 aromatic carbocycles. The first-order chi connectivity index (χ1) is 8.15. The highest BCUT2D eigenvalue weighted by molar-refractivity contribution is 9.09. The smallest absolute Gasteiger partial charge is 0.227 e. The number of carbonyl (C=O) groups is 1. The summed E-state index contributed by atoms with van der Waals surface area (Å²) in [7, 11) is 1.49. The zero-order valence-corrected chi connectivity index (χ0v) is 11.1. The summed E-state index contributed by atoms with van der Waals surface area (Å²) >= 11 is 3.40. The molecular formula is C12H14BrNO3. The van der Waals surface area contributed by atoms with E-state index in [1.807, 2.05) is 0 Å². The molecule has 1 saturated heterocycles. The van der Waals surface area contributed by atoms with Gasteiger partial charge in [-0.25, -0.2) is 0 Å². The molecule has 1 heterocycles. The van der Waals surface area contributed by atoms with Crippen LogP contribution in [0.3, 0.4) is 0 Å². The second-order valence-electron chi connectivity index (χ2n) is 4.08. The number of hydrogen-bond acceptors (Lipinski definition) is 3. The van der Waals surface area contributed by atoms with Crippen molar-refractivity contribution >= 4 is 27.5 Å². The van der Waals surface area contributed by atoms with Gasteiger partial charge in [-0.1, -0.05) is 15.9 Å². The summed E-state index contributed by atoms with van der Waals surface area (Å²) in [6, 6.07) is 4.96. The first-order valence-electron chi connectivity index (χ1n) is 5.39. The Balaban J connectivity index is 2.26. The zero-order chi connectivity index (χ0) is 12.4. The van der Waals surface area contributed by atoms with Crippen molar-refractivity contribution in [3.63, 3.8) is 0 Å². The number of halogens is 1. The van der Waals surface area contributed by atoms with Crippen molar-refractivity contribution < 1.29 is 14.6 Å². The number of rotatable bonds is 3. The summed E-state index contributed by atoms with van der Waals surface area (Å²) in [5.74, 6) is 0.932. The largest absolute Gasteiger partial charge is 0.504 e. The van der Waals surface area contributed by atoms with Gasteiger partial charge in [-0.05, 0) is 18.1 Å². The van der Waals surface area contributed by atoms with Crippen molar-refractivity contribution in [3.8, 4) is 11.5 Å². The van der Waals surface area contributed by atoms with Gasteiger partial charge in [-0.3, -0.25) is 4.79 Å². The van der Waals surface area contributed by atoms with Crippen molar-refractivity contribution in [1.82, 2.24) is 0 Å². The molecule has 0 saturated carbocycles. The second-order valence-corrected chi connectivity index (χ2v) is 4.73. The Kier molecular flexibility index (Phi) is 3.57. The first kappa shape index (κ1) is 12.2. The lowest BCUT2D eigenvalue weighted by Crippen LogP contribution is -2.24. The maximum Gasteiger partial charge on any atom is 0.227 e. The third-order valence-electron chi connectivity index (χ3n) is 2.90. The van der Waals surface area contributed by atoms with Gasteiger partial charge < -0.3 is 14.7 Å². The number of methoxy groups -OCH3 is 1. The Bertz CT molecular complexity index is 436. The fourth-order valence-corrected chi connectivity index (χ4v) is 2.40. The van der Waals surface area contributed by atoms with Crippen LogP contribution in [0.15, 0.2) is 18.2 Å². The van der Waals surface area contributed by atoms with E-state index < -0.39 is 0 Å². The molecule has 0 bridgehead atoms. The number of aromatic hydroxyl groups is 1. The van der Waals surface area contributed by atoms with Crippen molar-refractivity contribution in [2.24, 2.45) is 5.92 Å². The first-order valence-corrected chi connectivity index (χ1v) is 6.51. The lowest BCUT2D eigenvalue weighted by atomic mass is 10.2. The number of alkyl halides is 1. The van der Waals surface area contributed by atoms with E-state index in [2.05, 4.69) is 15.9 Å². The molecule has 1 unspecified atom stereocenters. The third-order valence-corrected chi connectivity index (χ3v) is 3.81. The Morgan fingerprint density at radius 1 is 1.59 bits per heavy atom. The molecule has 17 heavy (non-hydrogen) atoms.